The molecule has 5 rings (SSSR count). The Labute approximate surface area is 333 Å². The van der Waals surface area contributed by atoms with Gasteiger partial charge in [0.05, 0.1) is 78.4 Å². The summed E-state index contributed by atoms with van der Waals surface area (Å²) in [6, 6.07) is 18.8. The van der Waals surface area contributed by atoms with Crippen LogP contribution in [0.3, 0.4) is 0 Å². The molecule has 5 aromatic carbocycles. The second kappa shape index (κ2) is 17.5. The number of hydrogen-bond acceptors (Lipinski definition) is 11. The number of phenolic OH excluding ortho intramolecular Hbond substituents is 1. The Morgan fingerprint density at radius 2 is 0.862 bits per heavy atom. The monoisotopic (exact) mass is 791 g/mol. The molecule has 5 N–H and O–H groups in total. The molecule has 0 radical (unpaired) electrons. The molecule has 0 aliphatic carbocycles. The van der Waals surface area contributed by atoms with Crippen LogP contribution in [0.15, 0.2) is 72.8 Å². The number of rotatable bonds is 13. The molecule has 0 aliphatic heterocycles. The summed E-state index contributed by atoms with van der Waals surface area (Å²) in [7, 11) is 5.47. The van der Waals surface area contributed by atoms with Crippen molar-refractivity contribution in [3.05, 3.63) is 127 Å². The van der Waals surface area contributed by atoms with Gasteiger partial charge in [-0.3, -0.25) is 29.3 Å². The van der Waals surface area contributed by atoms with Gasteiger partial charge in [0.1, 0.15) is 5.75 Å². The van der Waals surface area contributed by atoms with Gasteiger partial charge in [-0.25, -0.2) is 0 Å². The highest BCUT2D eigenvalue weighted by atomic mass is 16.6. The van der Waals surface area contributed by atoms with Crippen LogP contribution in [-0.4, -0.2) is 62.1 Å². The molecule has 16 heteroatoms. The average Bonchev–Trinajstić information content (AvgIpc) is 3.17. The van der Waals surface area contributed by atoms with Crippen LogP contribution >= 0.6 is 0 Å². The zero-order valence-corrected chi connectivity index (χ0v) is 32.9. The summed E-state index contributed by atoms with van der Waals surface area (Å²) in [6.45, 7) is 6.68. The number of nitro groups is 1. The number of para-hydroxylation sites is 2. The van der Waals surface area contributed by atoms with E-state index in [1.807, 2.05) is 0 Å². The summed E-state index contributed by atoms with van der Waals surface area (Å²) in [4.78, 5) is 65.5. The smallest absolute Gasteiger partial charge is 0.311 e. The van der Waals surface area contributed by atoms with Crippen LogP contribution in [-0.2, 0) is 0 Å². The number of nitro benzene ring substituents is 1. The molecular weight excluding hydrogens is 750 g/mol. The highest BCUT2D eigenvalue weighted by molar-refractivity contribution is 6.14. The van der Waals surface area contributed by atoms with Crippen molar-refractivity contribution in [2.75, 3.05) is 49.7 Å². The predicted molar refractivity (Wildman–Crippen MR) is 217 cm³/mol. The molecule has 0 aromatic heterocycles. The first-order valence-electron chi connectivity index (χ1n) is 17.5. The average molecular weight is 792 g/mol. The molecule has 0 atom stereocenters. The molecule has 0 saturated carbocycles. The SMILES string of the molecule is COc1ccccc1NC(=O)c1cc(C)cc(NC(=O)c2cc(C)cc(NC(=O)c3cc(C)cc(NC(=O)c4cc(C)cc([N+](=O)[O-])c4O)c3OC)c2OC)c1OC. The highest BCUT2D eigenvalue weighted by Gasteiger charge is 2.27. The second-order valence-electron chi connectivity index (χ2n) is 13.1. The molecular formula is C42H41N5O11. The number of benzene rings is 5. The van der Waals surface area contributed by atoms with Gasteiger partial charge in [-0.15, -0.1) is 0 Å². The topological polar surface area (TPSA) is 217 Å². The maximum Gasteiger partial charge on any atom is 0.311 e. The number of nitrogens with one attached hydrogen (secondary N) is 4. The van der Waals surface area contributed by atoms with E-state index in [1.54, 1.807) is 69.3 Å². The van der Waals surface area contributed by atoms with Gasteiger partial charge in [-0.1, -0.05) is 12.1 Å². The number of ether oxygens (including phenoxy) is 4. The van der Waals surface area contributed by atoms with Gasteiger partial charge in [0.2, 0.25) is 5.75 Å². The molecule has 16 nitrogen and oxygen atoms in total. The third-order valence-corrected chi connectivity index (χ3v) is 8.82. The van der Waals surface area contributed by atoms with Crippen LogP contribution in [0.1, 0.15) is 63.7 Å². The molecule has 0 unspecified atom stereocenters. The highest BCUT2D eigenvalue weighted by Crippen LogP contribution is 2.38. The minimum atomic E-state index is -0.884. The van der Waals surface area contributed by atoms with Crippen LogP contribution in [0.25, 0.3) is 0 Å². The van der Waals surface area contributed by atoms with Crippen molar-refractivity contribution >= 4 is 52.1 Å². The maximum atomic E-state index is 14.0. The van der Waals surface area contributed by atoms with E-state index < -0.39 is 40.0 Å². The second-order valence-corrected chi connectivity index (χ2v) is 13.1. The Kier molecular flexibility index (Phi) is 12.5. The number of amides is 4. The lowest BCUT2D eigenvalue weighted by molar-refractivity contribution is -0.385. The van der Waals surface area contributed by atoms with E-state index in [2.05, 4.69) is 21.3 Å². The summed E-state index contributed by atoms with van der Waals surface area (Å²) >= 11 is 0. The summed E-state index contributed by atoms with van der Waals surface area (Å²) in [5, 5.41) is 33.0. The van der Waals surface area contributed by atoms with Gasteiger partial charge in [-0.2, -0.15) is 0 Å². The van der Waals surface area contributed by atoms with Crippen LogP contribution in [0.4, 0.5) is 28.4 Å². The van der Waals surface area contributed by atoms with E-state index in [4.69, 9.17) is 18.9 Å². The van der Waals surface area contributed by atoms with Crippen molar-refractivity contribution in [2.45, 2.75) is 27.7 Å². The fourth-order valence-corrected chi connectivity index (χ4v) is 6.34. The van der Waals surface area contributed by atoms with E-state index in [-0.39, 0.29) is 56.6 Å². The van der Waals surface area contributed by atoms with Crippen LogP contribution in [0.5, 0.6) is 28.7 Å². The van der Waals surface area contributed by atoms with Crippen LogP contribution in [0, 0.1) is 37.8 Å². The maximum absolute atomic E-state index is 14.0. The number of methoxy groups -OCH3 is 4. The van der Waals surface area contributed by atoms with Gasteiger partial charge < -0.3 is 45.3 Å². The fourth-order valence-electron chi connectivity index (χ4n) is 6.34. The molecule has 58 heavy (non-hydrogen) atoms. The quantitative estimate of drug-likeness (QED) is 0.0578. The molecule has 300 valence electrons. The van der Waals surface area contributed by atoms with E-state index in [0.717, 1.165) is 6.07 Å². The third kappa shape index (κ3) is 8.75. The minimum Gasteiger partial charge on any atom is -0.502 e. The lowest BCUT2D eigenvalue weighted by Crippen LogP contribution is -2.20. The molecule has 0 spiro atoms. The van der Waals surface area contributed by atoms with E-state index in [1.165, 1.54) is 53.6 Å². The van der Waals surface area contributed by atoms with Gasteiger partial charge in [0.25, 0.3) is 23.6 Å². The first-order chi connectivity index (χ1) is 27.6. The number of aromatic hydroxyl groups is 1. The largest absolute Gasteiger partial charge is 0.502 e. The Balaban J connectivity index is 1.45. The molecule has 0 saturated heterocycles. The number of carbonyl (C=O) groups is 4. The normalized spacial score (nSPS) is 10.6. The first kappa shape index (κ1) is 41.5. The number of phenols is 1. The molecule has 4 amide bonds. The first-order valence-corrected chi connectivity index (χ1v) is 17.5. The number of hydrogen-bond donors (Lipinski definition) is 5. The van der Waals surface area contributed by atoms with E-state index in [0.29, 0.717) is 33.7 Å². The standard InChI is InChI=1S/C42H41N5O11/c1-21-14-26(40(50)43-29-11-9-10-12-34(29)55-5)36(56-6)31(18-21)45-42(52)28-16-23(3)19-32(38(28)58-8)46-41(51)27-15-22(2)17-30(37(27)57-7)44-39(49)25-13-24(4)20-33(35(25)48)47(53)54/h9-20,48H,1-8H3,(H,43,50)(H,44,49)(H,45,52)(H,46,51). The summed E-state index contributed by atoms with van der Waals surface area (Å²) < 4.78 is 22.2. The summed E-state index contributed by atoms with van der Waals surface area (Å²) in [5.74, 6) is -3.06. The molecule has 0 fully saturated rings. The Morgan fingerprint density at radius 1 is 0.517 bits per heavy atom. The summed E-state index contributed by atoms with van der Waals surface area (Å²) in [6.07, 6.45) is 0. The lowest BCUT2D eigenvalue weighted by atomic mass is 10.0. The van der Waals surface area contributed by atoms with Crippen LogP contribution < -0.4 is 40.2 Å². The van der Waals surface area contributed by atoms with E-state index in [9.17, 15) is 34.4 Å². The van der Waals surface area contributed by atoms with Crippen molar-refractivity contribution in [3.63, 3.8) is 0 Å². The minimum absolute atomic E-state index is 0.00821. The molecule has 0 heterocycles. The number of carbonyl (C=O) groups excluding carboxylic acids is 4. The van der Waals surface area contributed by atoms with Crippen LogP contribution in [0.2, 0.25) is 0 Å². The number of nitrogens with zero attached hydrogens (tertiary/aromatic N) is 1. The Bertz CT molecular complexity index is 2480. The Morgan fingerprint density at radius 3 is 1.24 bits per heavy atom. The van der Waals surface area contributed by atoms with Crippen molar-refractivity contribution in [2.24, 2.45) is 0 Å². The number of aryl methyl sites for hydroxylation is 4. The predicted octanol–water partition coefficient (Wildman–Crippen LogP) is 7.58. The van der Waals surface area contributed by atoms with Crippen molar-refractivity contribution in [1.82, 2.24) is 0 Å². The molecule has 5 aromatic rings. The van der Waals surface area contributed by atoms with Crippen molar-refractivity contribution in [3.8, 4) is 28.7 Å². The Hall–Kier alpha value is -7.62. The van der Waals surface area contributed by atoms with Gasteiger partial charge >= 0.3 is 5.69 Å². The van der Waals surface area contributed by atoms with E-state index >= 15 is 0 Å². The number of anilines is 4. The van der Waals surface area contributed by atoms with Gasteiger partial charge in [-0.05, 0) is 105 Å². The summed E-state index contributed by atoms with van der Waals surface area (Å²) in [5.41, 5.74) is 2.07. The van der Waals surface area contributed by atoms with Gasteiger partial charge in [0.15, 0.2) is 17.2 Å². The van der Waals surface area contributed by atoms with Crippen molar-refractivity contribution in [1.29, 1.82) is 0 Å². The van der Waals surface area contributed by atoms with Crippen molar-refractivity contribution < 1.29 is 48.2 Å². The molecule has 0 bridgehead atoms. The zero-order valence-electron chi connectivity index (χ0n) is 32.9. The third-order valence-electron chi connectivity index (χ3n) is 8.82. The molecule has 0 aliphatic rings. The van der Waals surface area contributed by atoms with Gasteiger partial charge in [0, 0.05) is 6.07 Å². The fraction of sp³-hybridized carbons (Fsp3) is 0.190. The zero-order chi connectivity index (χ0) is 42.4. The lowest BCUT2D eigenvalue weighted by Gasteiger charge is -2.19.